The molecule has 2 atom stereocenters. The SMILES string of the molecule is CN1CC(C(=O)O)C(c2ccc3c(c2)OCO3)C1. The Hall–Kier alpha value is -1.75. The lowest BCUT2D eigenvalue weighted by Crippen LogP contribution is -2.21. The summed E-state index contributed by atoms with van der Waals surface area (Å²) in [4.78, 5) is 13.3. The average Bonchev–Trinajstić information content (AvgIpc) is 2.93. The first kappa shape index (κ1) is 11.3. The minimum atomic E-state index is -0.734. The van der Waals surface area contributed by atoms with Crippen LogP contribution in [0.15, 0.2) is 18.2 Å². The van der Waals surface area contributed by atoms with Gasteiger partial charge in [-0.25, -0.2) is 0 Å². The van der Waals surface area contributed by atoms with Crippen molar-refractivity contribution in [2.75, 3.05) is 26.9 Å². The van der Waals surface area contributed by atoms with Crippen molar-refractivity contribution in [2.24, 2.45) is 5.92 Å². The number of likely N-dealkylation sites (N-methyl/N-ethyl adjacent to an activating group) is 1. The average molecular weight is 249 g/mol. The summed E-state index contributed by atoms with van der Waals surface area (Å²) in [7, 11) is 1.95. The first-order valence-electron chi connectivity index (χ1n) is 5.96. The van der Waals surface area contributed by atoms with E-state index < -0.39 is 5.97 Å². The summed E-state index contributed by atoms with van der Waals surface area (Å²) in [6, 6.07) is 5.70. The predicted octanol–water partition coefficient (Wildman–Crippen LogP) is 1.15. The van der Waals surface area contributed by atoms with Gasteiger partial charge in [0.05, 0.1) is 5.92 Å². The number of hydrogen-bond acceptors (Lipinski definition) is 4. The molecule has 1 saturated heterocycles. The minimum absolute atomic E-state index is 0.0157. The van der Waals surface area contributed by atoms with Gasteiger partial charge in [-0.3, -0.25) is 4.79 Å². The molecule has 0 spiro atoms. The fourth-order valence-corrected chi connectivity index (χ4v) is 2.73. The maximum absolute atomic E-state index is 11.3. The van der Waals surface area contributed by atoms with Gasteiger partial charge in [0, 0.05) is 19.0 Å². The van der Waals surface area contributed by atoms with E-state index in [9.17, 15) is 9.90 Å². The molecule has 2 aliphatic rings. The zero-order valence-electron chi connectivity index (χ0n) is 10.1. The quantitative estimate of drug-likeness (QED) is 0.852. The van der Waals surface area contributed by atoms with E-state index in [1.165, 1.54) is 0 Å². The number of carbonyl (C=O) groups is 1. The van der Waals surface area contributed by atoms with E-state index in [0.29, 0.717) is 12.3 Å². The summed E-state index contributed by atoms with van der Waals surface area (Å²) in [6.45, 7) is 1.59. The van der Waals surface area contributed by atoms with Crippen LogP contribution in [0.5, 0.6) is 11.5 Å². The monoisotopic (exact) mass is 249 g/mol. The highest BCUT2D eigenvalue weighted by Crippen LogP contribution is 2.38. The second-order valence-electron chi connectivity index (χ2n) is 4.89. The molecule has 5 heteroatoms. The Morgan fingerprint density at radius 2 is 2.11 bits per heavy atom. The number of carboxylic acids is 1. The molecule has 1 aromatic carbocycles. The maximum Gasteiger partial charge on any atom is 0.308 e. The van der Waals surface area contributed by atoms with Crippen LogP contribution in [0.2, 0.25) is 0 Å². The van der Waals surface area contributed by atoms with E-state index in [1.807, 2.05) is 30.1 Å². The Kier molecular flexibility index (Phi) is 2.63. The summed E-state index contributed by atoms with van der Waals surface area (Å²) in [5.41, 5.74) is 1.01. The molecule has 2 aliphatic heterocycles. The van der Waals surface area contributed by atoms with E-state index in [4.69, 9.17) is 9.47 Å². The number of aliphatic carboxylic acids is 1. The summed E-state index contributed by atoms with van der Waals surface area (Å²) in [5.74, 6) is 0.377. The van der Waals surface area contributed by atoms with Crippen molar-refractivity contribution in [3.63, 3.8) is 0 Å². The van der Waals surface area contributed by atoms with Crippen molar-refractivity contribution in [1.82, 2.24) is 4.90 Å². The Morgan fingerprint density at radius 3 is 2.89 bits per heavy atom. The van der Waals surface area contributed by atoms with Gasteiger partial charge >= 0.3 is 5.97 Å². The molecular formula is C13H15NO4. The Morgan fingerprint density at radius 1 is 1.33 bits per heavy atom. The van der Waals surface area contributed by atoms with Gasteiger partial charge in [0.15, 0.2) is 11.5 Å². The van der Waals surface area contributed by atoms with Gasteiger partial charge in [-0.1, -0.05) is 6.07 Å². The minimum Gasteiger partial charge on any atom is -0.481 e. The molecule has 2 unspecified atom stereocenters. The lowest BCUT2D eigenvalue weighted by molar-refractivity contribution is -0.141. The van der Waals surface area contributed by atoms with Crippen molar-refractivity contribution in [1.29, 1.82) is 0 Å². The molecular weight excluding hydrogens is 234 g/mol. The number of likely N-dealkylation sites (tertiary alicyclic amines) is 1. The van der Waals surface area contributed by atoms with Crippen molar-refractivity contribution in [2.45, 2.75) is 5.92 Å². The second-order valence-corrected chi connectivity index (χ2v) is 4.89. The van der Waals surface area contributed by atoms with Gasteiger partial charge in [0.2, 0.25) is 6.79 Å². The van der Waals surface area contributed by atoms with E-state index >= 15 is 0 Å². The number of carboxylic acid groups (broad SMARTS) is 1. The van der Waals surface area contributed by atoms with Crippen molar-refractivity contribution < 1.29 is 19.4 Å². The van der Waals surface area contributed by atoms with E-state index in [2.05, 4.69) is 0 Å². The summed E-state index contributed by atoms with van der Waals surface area (Å²) >= 11 is 0. The third kappa shape index (κ3) is 1.80. The topological polar surface area (TPSA) is 59.0 Å². The van der Waals surface area contributed by atoms with Crippen LogP contribution in [0.1, 0.15) is 11.5 Å². The van der Waals surface area contributed by atoms with Crippen molar-refractivity contribution >= 4 is 5.97 Å². The van der Waals surface area contributed by atoms with Gasteiger partial charge in [0.1, 0.15) is 0 Å². The fourth-order valence-electron chi connectivity index (χ4n) is 2.73. The molecule has 2 heterocycles. The highest BCUT2D eigenvalue weighted by Gasteiger charge is 2.37. The van der Waals surface area contributed by atoms with Crippen molar-refractivity contribution in [3.05, 3.63) is 23.8 Å². The van der Waals surface area contributed by atoms with E-state index in [-0.39, 0.29) is 18.6 Å². The number of fused-ring (bicyclic) bond motifs is 1. The van der Waals surface area contributed by atoms with Crippen LogP contribution in [0.3, 0.4) is 0 Å². The molecule has 0 radical (unpaired) electrons. The number of nitrogens with zero attached hydrogens (tertiary/aromatic N) is 1. The number of hydrogen-bond donors (Lipinski definition) is 1. The Bertz CT molecular complexity index is 488. The molecule has 18 heavy (non-hydrogen) atoms. The van der Waals surface area contributed by atoms with Gasteiger partial charge in [-0.15, -0.1) is 0 Å². The predicted molar refractivity (Wildman–Crippen MR) is 63.9 cm³/mol. The maximum atomic E-state index is 11.3. The van der Waals surface area contributed by atoms with Gasteiger partial charge in [-0.05, 0) is 24.7 Å². The molecule has 0 bridgehead atoms. The van der Waals surface area contributed by atoms with Crippen LogP contribution >= 0.6 is 0 Å². The Labute approximate surface area is 105 Å². The van der Waals surface area contributed by atoms with Crippen LogP contribution in [-0.2, 0) is 4.79 Å². The van der Waals surface area contributed by atoms with E-state index in [1.54, 1.807) is 0 Å². The lowest BCUT2D eigenvalue weighted by Gasteiger charge is -2.15. The third-order valence-corrected chi connectivity index (χ3v) is 3.64. The smallest absolute Gasteiger partial charge is 0.308 e. The molecule has 1 N–H and O–H groups in total. The zero-order valence-corrected chi connectivity index (χ0v) is 10.1. The summed E-state index contributed by atoms with van der Waals surface area (Å²) < 4.78 is 10.6. The first-order chi connectivity index (χ1) is 8.65. The first-order valence-corrected chi connectivity index (χ1v) is 5.96. The normalized spacial score (nSPS) is 26.5. The number of benzene rings is 1. The molecule has 0 saturated carbocycles. The molecule has 0 aromatic heterocycles. The third-order valence-electron chi connectivity index (χ3n) is 3.64. The number of rotatable bonds is 2. The summed E-state index contributed by atoms with van der Waals surface area (Å²) in [6.07, 6.45) is 0. The van der Waals surface area contributed by atoms with E-state index in [0.717, 1.165) is 17.9 Å². The van der Waals surface area contributed by atoms with Crippen LogP contribution in [-0.4, -0.2) is 42.9 Å². The van der Waals surface area contributed by atoms with Crippen molar-refractivity contribution in [3.8, 4) is 11.5 Å². The largest absolute Gasteiger partial charge is 0.481 e. The van der Waals surface area contributed by atoms with Crippen LogP contribution in [0.25, 0.3) is 0 Å². The molecule has 3 rings (SSSR count). The Balaban J connectivity index is 1.91. The van der Waals surface area contributed by atoms with Crippen LogP contribution < -0.4 is 9.47 Å². The molecule has 5 nitrogen and oxygen atoms in total. The molecule has 1 fully saturated rings. The molecule has 0 aliphatic carbocycles. The highest BCUT2D eigenvalue weighted by atomic mass is 16.7. The molecule has 96 valence electrons. The van der Waals surface area contributed by atoms with Crippen LogP contribution in [0.4, 0.5) is 0 Å². The zero-order chi connectivity index (χ0) is 12.7. The van der Waals surface area contributed by atoms with Crippen LogP contribution in [0, 0.1) is 5.92 Å². The number of ether oxygens (including phenoxy) is 2. The molecule has 0 amide bonds. The fraction of sp³-hybridized carbons (Fsp3) is 0.462. The standard InChI is InChI=1S/C13H15NO4/c1-14-5-9(10(6-14)13(15)16)8-2-3-11-12(4-8)18-7-17-11/h2-4,9-10H,5-7H2,1H3,(H,15,16). The summed E-state index contributed by atoms with van der Waals surface area (Å²) in [5, 5.41) is 9.27. The second kappa shape index (κ2) is 4.17. The molecule has 1 aromatic rings. The lowest BCUT2D eigenvalue weighted by atomic mass is 9.89. The highest BCUT2D eigenvalue weighted by molar-refractivity contribution is 5.72. The van der Waals surface area contributed by atoms with Gasteiger partial charge in [0.25, 0.3) is 0 Å². The van der Waals surface area contributed by atoms with Gasteiger partial charge < -0.3 is 19.5 Å². The van der Waals surface area contributed by atoms with Gasteiger partial charge in [-0.2, -0.15) is 0 Å².